The van der Waals surface area contributed by atoms with Crippen molar-refractivity contribution in [2.45, 2.75) is 12.6 Å². The molecule has 7 heteroatoms. The minimum atomic E-state index is -4.84. The van der Waals surface area contributed by atoms with Crippen LogP contribution in [-0.2, 0) is 14.2 Å². The van der Waals surface area contributed by atoms with E-state index in [1.54, 1.807) is 0 Å². The second kappa shape index (κ2) is 3.13. The zero-order valence-electron chi connectivity index (χ0n) is 5.59. The average molecular weight is 182 g/mol. The first-order valence-corrected chi connectivity index (χ1v) is 4.23. The zero-order valence-corrected chi connectivity index (χ0v) is 6.49. The fourth-order valence-corrected chi connectivity index (χ4v) is 1.32. The number of carboxylic acids is 1. The molecule has 0 saturated carbocycles. The van der Waals surface area contributed by atoms with Crippen molar-refractivity contribution in [3.63, 3.8) is 0 Å². The summed E-state index contributed by atoms with van der Waals surface area (Å²) >= 11 is 0. The van der Waals surface area contributed by atoms with Crippen molar-refractivity contribution >= 4 is 19.3 Å². The largest absolute Gasteiger partial charge is 0.480 e. The van der Waals surface area contributed by atoms with E-state index < -0.39 is 25.0 Å². The van der Waals surface area contributed by atoms with Crippen molar-refractivity contribution in [1.82, 2.24) is 0 Å². The minimum absolute atomic E-state index is 0.817. The van der Waals surface area contributed by atoms with Crippen LogP contribution in [-0.4, -0.2) is 32.3 Å². The van der Waals surface area contributed by atoms with E-state index in [0.717, 1.165) is 6.92 Å². The Kier molecular flexibility index (Phi) is 2.92. The Labute approximate surface area is 62.0 Å². The Morgan fingerprint density at radius 1 is 1.36 bits per heavy atom. The van der Waals surface area contributed by atoms with E-state index >= 15 is 0 Å². The third-order valence-corrected chi connectivity index (χ3v) is 2.21. The van der Waals surface area contributed by atoms with Crippen LogP contribution in [0.1, 0.15) is 6.92 Å². The number of carbonyl (C=O) groups excluding carboxylic acids is 1. The van der Waals surface area contributed by atoms with Gasteiger partial charge in [0, 0.05) is 0 Å². The summed E-state index contributed by atoms with van der Waals surface area (Å²) in [6, 6.07) is 0. The predicted molar refractivity (Wildman–Crippen MR) is 34.1 cm³/mol. The monoisotopic (exact) mass is 182 g/mol. The average Bonchev–Trinajstić information content (AvgIpc) is 1.54. The van der Waals surface area contributed by atoms with E-state index in [9.17, 15) is 14.2 Å². The van der Waals surface area contributed by atoms with Crippen LogP contribution in [0.5, 0.6) is 0 Å². The van der Waals surface area contributed by atoms with Crippen molar-refractivity contribution < 1.29 is 29.0 Å². The Morgan fingerprint density at radius 2 is 1.73 bits per heavy atom. The maximum atomic E-state index is 10.4. The molecule has 0 aromatic heterocycles. The first-order chi connectivity index (χ1) is 4.76. The molecule has 64 valence electrons. The smallest absolute Gasteiger partial charge is 0.347 e. The molecule has 0 aliphatic carbocycles. The van der Waals surface area contributed by atoms with Gasteiger partial charge in [-0.15, -0.1) is 0 Å². The van der Waals surface area contributed by atoms with Gasteiger partial charge in [-0.25, -0.2) is 0 Å². The molecule has 0 aliphatic rings. The molecule has 11 heavy (non-hydrogen) atoms. The zero-order chi connectivity index (χ0) is 9.23. The van der Waals surface area contributed by atoms with Gasteiger partial charge in [-0.2, -0.15) is 0 Å². The summed E-state index contributed by atoms with van der Waals surface area (Å²) in [6.07, 6.45) is 0. The Hall–Kier alpha value is -0.710. The highest BCUT2D eigenvalue weighted by molar-refractivity contribution is 7.55. The summed E-state index contributed by atoms with van der Waals surface area (Å²) in [5.74, 6) is -2.85. The third-order valence-electron chi connectivity index (χ3n) is 0.955. The van der Waals surface area contributed by atoms with Crippen LogP contribution >= 0.6 is 7.60 Å². The van der Waals surface area contributed by atoms with E-state index in [0.29, 0.717) is 0 Å². The van der Waals surface area contributed by atoms with Crippen molar-refractivity contribution in [2.24, 2.45) is 0 Å². The van der Waals surface area contributed by atoms with Crippen LogP contribution in [0.3, 0.4) is 0 Å². The molecule has 0 aromatic carbocycles. The SMILES string of the molecule is CC(=O)C(C(=O)O)P(=O)(O)O. The normalized spacial score (nSPS) is 14.1. The molecule has 1 unspecified atom stereocenters. The molecule has 0 aliphatic heterocycles. The molecule has 3 N–H and O–H groups in total. The van der Waals surface area contributed by atoms with E-state index in [4.69, 9.17) is 14.9 Å². The number of hydrogen-bond acceptors (Lipinski definition) is 3. The van der Waals surface area contributed by atoms with Crippen LogP contribution in [0.25, 0.3) is 0 Å². The number of hydrogen-bond donors (Lipinski definition) is 3. The maximum Gasteiger partial charge on any atom is 0.347 e. The Balaban J connectivity index is 4.78. The predicted octanol–water partition coefficient (Wildman–Crippen LogP) is -0.794. The molecule has 0 heterocycles. The number of rotatable bonds is 3. The van der Waals surface area contributed by atoms with Gasteiger partial charge < -0.3 is 14.9 Å². The van der Waals surface area contributed by atoms with Gasteiger partial charge >= 0.3 is 13.6 Å². The highest BCUT2D eigenvalue weighted by atomic mass is 31.2. The summed E-state index contributed by atoms with van der Waals surface area (Å²) in [5.41, 5.74) is -2.22. The molecule has 0 amide bonds. The molecule has 6 nitrogen and oxygen atoms in total. The maximum absolute atomic E-state index is 10.4. The van der Waals surface area contributed by atoms with Crippen molar-refractivity contribution in [3.05, 3.63) is 0 Å². The molecular weight excluding hydrogens is 175 g/mol. The number of carboxylic acid groups (broad SMARTS) is 1. The molecule has 0 fully saturated rings. The molecule has 0 spiro atoms. The number of ketones is 1. The van der Waals surface area contributed by atoms with E-state index in [-0.39, 0.29) is 0 Å². The van der Waals surface area contributed by atoms with Gasteiger partial charge in [-0.3, -0.25) is 14.2 Å². The van der Waals surface area contributed by atoms with E-state index in [1.807, 2.05) is 0 Å². The molecule has 0 aromatic rings. The van der Waals surface area contributed by atoms with Gasteiger partial charge in [0.15, 0.2) is 5.78 Å². The summed E-state index contributed by atoms with van der Waals surface area (Å²) < 4.78 is 10.3. The highest BCUT2D eigenvalue weighted by Gasteiger charge is 2.39. The van der Waals surface area contributed by atoms with Gasteiger partial charge in [0.25, 0.3) is 0 Å². The van der Waals surface area contributed by atoms with Gasteiger partial charge in [-0.1, -0.05) is 0 Å². The van der Waals surface area contributed by atoms with Gasteiger partial charge in [-0.05, 0) is 6.92 Å². The third kappa shape index (κ3) is 2.80. The number of carbonyl (C=O) groups is 2. The number of aliphatic carboxylic acids is 1. The summed E-state index contributed by atoms with van der Waals surface area (Å²) in [7, 11) is -4.84. The van der Waals surface area contributed by atoms with Crippen molar-refractivity contribution in [2.75, 3.05) is 0 Å². The second-order valence-electron chi connectivity index (χ2n) is 1.94. The fourth-order valence-electron chi connectivity index (χ4n) is 0.555. The lowest BCUT2D eigenvalue weighted by Gasteiger charge is -2.09. The lowest BCUT2D eigenvalue weighted by atomic mass is 10.3. The van der Waals surface area contributed by atoms with Crippen LogP contribution in [0, 0.1) is 0 Å². The highest BCUT2D eigenvalue weighted by Crippen LogP contribution is 2.41. The van der Waals surface area contributed by atoms with Gasteiger partial charge in [0.05, 0.1) is 0 Å². The molecule has 1 atom stereocenters. The summed E-state index contributed by atoms with van der Waals surface area (Å²) in [5, 5.41) is 8.17. The van der Waals surface area contributed by atoms with Crippen molar-refractivity contribution in [1.29, 1.82) is 0 Å². The lowest BCUT2D eigenvalue weighted by molar-refractivity contribution is -0.139. The number of Topliss-reactive ketones (excluding diaryl/α,β-unsaturated/α-hetero) is 1. The van der Waals surface area contributed by atoms with Crippen LogP contribution in [0.15, 0.2) is 0 Å². The van der Waals surface area contributed by atoms with E-state index in [1.165, 1.54) is 0 Å². The van der Waals surface area contributed by atoms with Gasteiger partial charge in [0.1, 0.15) is 0 Å². The Bertz CT molecular complexity index is 213. The van der Waals surface area contributed by atoms with Gasteiger partial charge in [0.2, 0.25) is 5.66 Å². The molecule has 0 saturated heterocycles. The molecule has 0 rings (SSSR count). The van der Waals surface area contributed by atoms with Crippen LogP contribution in [0.4, 0.5) is 0 Å². The van der Waals surface area contributed by atoms with E-state index in [2.05, 4.69) is 0 Å². The molecule has 0 radical (unpaired) electrons. The quantitative estimate of drug-likeness (QED) is 0.389. The minimum Gasteiger partial charge on any atom is -0.480 e. The van der Waals surface area contributed by atoms with Crippen LogP contribution in [0.2, 0.25) is 0 Å². The second-order valence-corrected chi connectivity index (χ2v) is 3.64. The first-order valence-electron chi connectivity index (χ1n) is 2.55. The summed E-state index contributed by atoms with van der Waals surface area (Å²) in [6.45, 7) is 0.817. The molecule has 0 bridgehead atoms. The standard InChI is InChI=1S/C4H7O6P/c1-2(5)3(4(6)7)11(8,9)10/h3H,1H3,(H,6,7)(H2,8,9,10). The summed E-state index contributed by atoms with van der Waals surface area (Å²) in [4.78, 5) is 37.1. The van der Waals surface area contributed by atoms with Crippen molar-refractivity contribution in [3.8, 4) is 0 Å². The fraction of sp³-hybridized carbons (Fsp3) is 0.500. The lowest BCUT2D eigenvalue weighted by Crippen LogP contribution is -2.27. The first kappa shape index (κ1) is 10.3. The Morgan fingerprint density at radius 3 is 1.73 bits per heavy atom. The molecular formula is C4H7O6P. The van der Waals surface area contributed by atoms with Crippen LogP contribution < -0.4 is 0 Å². The topological polar surface area (TPSA) is 112 Å².